The fourth-order valence-electron chi connectivity index (χ4n) is 2.39. The Kier molecular flexibility index (Phi) is 10.0. The molecule has 1 amide bonds. The van der Waals surface area contributed by atoms with E-state index in [-0.39, 0.29) is 30.7 Å². The minimum Gasteiger partial charge on any atom is -0.491 e. The van der Waals surface area contributed by atoms with Crippen LogP contribution in [0.1, 0.15) is 21.9 Å². The minimum absolute atomic E-state index is 0. The minimum atomic E-state index is -0.161. The van der Waals surface area contributed by atoms with Crippen molar-refractivity contribution in [2.75, 3.05) is 19.7 Å². The Labute approximate surface area is 174 Å². The third-order valence-electron chi connectivity index (χ3n) is 3.60. The van der Waals surface area contributed by atoms with E-state index >= 15 is 0 Å². The van der Waals surface area contributed by atoms with Gasteiger partial charge < -0.3 is 15.8 Å². The standard InChI is InChI=1S/C18H20N4O2S.2ClH/c19-8-7-16-22-14(12-25-16)18(23)21-10-3-11-24-15-6-1-4-13-5-2-9-20-17(13)15;;/h1-2,4-6,9,12H,3,7-8,10-11,19H2,(H,21,23);2*1H. The Balaban J connectivity index is 0.00000182. The normalized spacial score (nSPS) is 9.96. The number of hydrogen-bond donors (Lipinski definition) is 2. The molecule has 3 N–H and O–H groups in total. The zero-order valence-electron chi connectivity index (χ0n) is 14.6. The topological polar surface area (TPSA) is 90.1 Å². The summed E-state index contributed by atoms with van der Waals surface area (Å²) in [5.41, 5.74) is 6.79. The second-order valence-electron chi connectivity index (χ2n) is 5.45. The smallest absolute Gasteiger partial charge is 0.270 e. The molecule has 3 aromatic rings. The first-order chi connectivity index (χ1) is 12.3. The highest BCUT2D eigenvalue weighted by molar-refractivity contribution is 7.09. The third-order valence-corrected chi connectivity index (χ3v) is 4.51. The van der Waals surface area contributed by atoms with Gasteiger partial charge in [0.05, 0.1) is 11.6 Å². The molecular weight excluding hydrogens is 407 g/mol. The number of ether oxygens (including phenoxy) is 1. The van der Waals surface area contributed by atoms with Crippen molar-refractivity contribution in [1.29, 1.82) is 0 Å². The number of para-hydroxylation sites is 1. The molecule has 0 aliphatic carbocycles. The number of hydrogen-bond acceptors (Lipinski definition) is 6. The van der Waals surface area contributed by atoms with Gasteiger partial charge in [-0.1, -0.05) is 18.2 Å². The van der Waals surface area contributed by atoms with Crippen LogP contribution in [-0.2, 0) is 6.42 Å². The third kappa shape index (κ3) is 6.32. The predicted molar refractivity (Wildman–Crippen MR) is 114 cm³/mol. The number of nitrogens with two attached hydrogens (primary N) is 1. The highest BCUT2D eigenvalue weighted by atomic mass is 35.5. The Morgan fingerprint density at radius 1 is 1.22 bits per heavy atom. The molecule has 27 heavy (non-hydrogen) atoms. The van der Waals surface area contributed by atoms with Crippen LogP contribution >= 0.6 is 36.2 Å². The number of nitrogens with one attached hydrogen (secondary N) is 1. The van der Waals surface area contributed by atoms with E-state index in [0.29, 0.717) is 38.2 Å². The molecule has 0 unspecified atom stereocenters. The van der Waals surface area contributed by atoms with E-state index in [1.807, 2.05) is 30.3 Å². The lowest BCUT2D eigenvalue weighted by molar-refractivity contribution is 0.0947. The number of rotatable bonds is 8. The number of benzene rings is 1. The van der Waals surface area contributed by atoms with Crippen LogP contribution in [-0.4, -0.2) is 35.6 Å². The van der Waals surface area contributed by atoms with Gasteiger partial charge in [-0.05, 0) is 25.1 Å². The predicted octanol–water partition coefficient (Wildman–Crippen LogP) is 3.24. The van der Waals surface area contributed by atoms with Gasteiger partial charge in [-0.2, -0.15) is 0 Å². The molecule has 0 aliphatic heterocycles. The molecule has 2 heterocycles. The number of pyridine rings is 1. The summed E-state index contributed by atoms with van der Waals surface area (Å²) in [6.07, 6.45) is 3.15. The highest BCUT2D eigenvalue weighted by Crippen LogP contribution is 2.22. The van der Waals surface area contributed by atoms with Crippen LogP contribution in [0.15, 0.2) is 41.9 Å². The zero-order valence-corrected chi connectivity index (χ0v) is 17.0. The van der Waals surface area contributed by atoms with Crippen LogP contribution < -0.4 is 15.8 Å². The molecule has 0 saturated carbocycles. The average molecular weight is 429 g/mol. The summed E-state index contributed by atoms with van der Waals surface area (Å²) in [5.74, 6) is 0.599. The van der Waals surface area contributed by atoms with E-state index in [0.717, 1.165) is 21.7 Å². The van der Waals surface area contributed by atoms with Gasteiger partial charge in [-0.25, -0.2) is 4.98 Å². The van der Waals surface area contributed by atoms with Crippen molar-refractivity contribution in [2.24, 2.45) is 5.73 Å². The van der Waals surface area contributed by atoms with Gasteiger partial charge in [0.2, 0.25) is 0 Å². The Morgan fingerprint density at radius 2 is 2.04 bits per heavy atom. The number of nitrogens with zero attached hydrogens (tertiary/aromatic N) is 2. The first kappa shape index (κ1) is 23.1. The fraction of sp³-hybridized carbons (Fsp3) is 0.278. The van der Waals surface area contributed by atoms with Crippen molar-refractivity contribution in [3.63, 3.8) is 0 Å². The first-order valence-electron chi connectivity index (χ1n) is 8.17. The van der Waals surface area contributed by atoms with Crippen LogP contribution in [0.5, 0.6) is 5.75 Å². The van der Waals surface area contributed by atoms with E-state index in [2.05, 4.69) is 15.3 Å². The molecule has 0 spiro atoms. The van der Waals surface area contributed by atoms with Crippen molar-refractivity contribution >= 4 is 53.0 Å². The maximum atomic E-state index is 12.0. The number of fused-ring (bicyclic) bond motifs is 1. The summed E-state index contributed by atoms with van der Waals surface area (Å²) in [4.78, 5) is 20.6. The lowest BCUT2D eigenvalue weighted by Crippen LogP contribution is -2.26. The molecule has 9 heteroatoms. The molecule has 0 radical (unpaired) electrons. The molecule has 0 fully saturated rings. The van der Waals surface area contributed by atoms with Crippen LogP contribution in [0, 0.1) is 0 Å². The monoisotopic (exact) mass is 428 g/mol. The first-order valence-corrected chi connectivity index (χ1v) is 9.05. The van der Waals surface area contributed by atoms with Gasteiger partial charge in [-0.15, -0.1) is 36.2 Å². The van der Waals surface area contributed by atoms with Crippen LogP contribution in [0.4, 0.5) is 0 Å². The molecule has 1 aromatic carbocycles. The lowest BCUT2D eigenvalue weighted by atomic mass is 10.2. The van der Waals surface area contributed by atoms with Gasteiger partial charge in [0.15, 0.2) is 0 Å². The average Bonchev–Trinajstić information content (AvgIpc) is 3.10. The summed E-state index contributed by atoms with van der Waals surface area (Å²) in [6, 6.07) is 9.76. The largest absolute Gasteiger partial charge is 0.491 e. The second kappa shape index (κ2) is 11.7. The molecule has 6 nitrogen and oxygen atoms in total. The second-order valence-corrected chi connectivity index (χ2v) is 6.40. The van der Waals surface area contributed by atoms with Gasteiger partial charge in [0, 0.05) is 29.9 Å². The van der Waals surface area contributed by atoms with Crippen molar-refractivity contribution in [3.05, 3.63) is 52.6 Å². The number of carbonyl (C=O) groups excluding carboxylic acids is 1. The summed E-state index contributed by atoms with van der Waals surface area (Å²) < 4.78 is 5.80. The fourth-order valence-corrected chi connectivity index (χ4v) is 3.19. The zero-order chi connectivity index (χ0) is 17.5. The van der Waals surface area contributed by atoms with E-state index < -0.39 is 0 Å². The number of halogens is 2. The van der Waals surface area contributed by atoms with Gasteiger partial charge >= 0.3 is 0 Å². The molecule has 0 atom stereocenters. The summed E-state index contributed by atoms with van der Waals surface area (Å²) in [6.45, 7) is 1.57. The van der Waals surface area contributed by atoms with Gasteiger partial charge in [0.25, 0.3) is 5.91 Å². The molecule has 0 saturated heterocycles. The van der Waals surface area contributed by atoms with E-state index in [4.69, 9.17) is 10.5 Å². The summed E-state index contributed by atoms with van der Waals surface area (Å²) in [7, 11) is 0. The number of carbonyl (C=O) groups is 1. The van der Waals surface area contributed by atoms with Crippen LogP contribution in [0.2, 0.25) is 0 Å². The summed E-state index contributed by atoms with van der Waals surface area (Å²) >= 11 is 1.46. The van der Waals surface area contributed by atoms with Crippen molar-refractivity contribution in [1.82, 2.24) is 15.3 Å². The molecule has 2 aromatic heterocycles. The summed E-state index contributed by atoms with van der Waals surface area (Å²) in [5, 5.41) is 6.55. The maximum Gasteiger partial charge on any atom is 0.270 e. The van der Waals surface area contributed by atoms with Crippen LogP contribution in [0.25, 0.3) is 10.9 Å². The SMILES string of the molecule is Cl.Cl.NCCc1nc(C(=O)NCCCOc2cccc3cccnc23)cs1. The Bertz CT molecular complexity index is 855. The van der Waals surface area contributed by atoms with E-state index in [1.165, 1.54) is 11.3 Å². The number of aromatic nitrogens is 2. The number of thiazole rings is 1. The van der Waals surface area contributed by atoms with E-state index in [1.54, 1.807) is 11.6 Å². The Hall–Kier alpha value is -1.93. The lowest BCUT2D eigenvalue weighted by Gasteiger charge is -2.09. The highest BCUT2D eigenvalue weighted by Gasteiger charge is 2.10. The molecule has 146 valence electrons. The maximum absolute atomic E-state index is 12.0. The quantitative estimate of drug-likeness (QED) is 0.537. The molecular formula is C18H22Cl2N4O2S. The molecule has 3 rings (SSSR count). The van der Waals surface area contributed by atoms with Crippen LogP contribution in [0.3, 0.4) is 0 Å². The number of amides is 1. The van der Waals surface area contributed by atoms with Crippen molar-refractivity contribution in [2.45, 2.75) is 12.8 Å². The molecule has 0 aliphatic rings. The van der Waals surface area contributed by atoms with Gasteiger partial charge in [0.1, 0.15) is 17.0 Å². The van der Waals surface area contributed by atoms with Crippen molar-refractivity contribution < 1.29 is 9.53 Å². The molecule has 0 bridgehead atoms. The van der Waals surface area contributed by atoms with Gasteiger partial charge in [-0.3, -0.25) is 9.78 Å². The van der Waals surface area contributed by atoms with E-state index in [9.17, 15) is 4.79 Å². The van der Waals surface area contributed by atoms with Crippen molar-refractivity contribution in [3.8, 4) is 5.75 Å². The Morgan fingerprint density at radius 3 is 2.85 bits per heavy atom.